The van der Waals surface area contributed by atoms with Crippen LogP contribution in [0.15, 0.2) is 66.7 Å². The molecule has 0 aliphatic rings. The minimum Gasteiger partial charge on any atom is -0.390 e. The SMILES string of the molecule is [B]c1ccccc1CS(=O)(=O)N(C)CC(O)CNC(C)(C)Cc1ccc2ccccc2c1. The monoisotopic (exact) mass is 450 g/mol. The molecule has 1 unspecified atom stereocenters. The van der Waals surface area contributed by atoms with E-state index in [0.717, 1.165) is 6.42 Å². The first-order valence-corrected chi connectivity index (χ1v) is 12.3. The van der Waals surface area contributed by atoms with Crippen LogP contribution in [-0.4, -0.2) is 57.5 Å². The zero-order chi connectivity index (χ0) is 23.4. The Balaban J connectivity index is 1.54. The first-order valence-electron chi connectivity index (χ1n) is 10.7. The molecule has 5 nitrogen and oxygen atoms in total. The van der Waals surface area contributed by atoms with Crippen molar-refractivity contribution >= 4 is 34.1 Å². The third-order valence-corrected chi connectivity index (χ3v) is 7.39. The Hall–Kier alpha value is -2.19. The summed E-state index contributed by atoms with van der Waals surface area (Å²) in [6, 6.07) is 21.6. The highest BCUT2D eigenvalue weighted by atomic mass is 32.2. The minimum absolute atomic E-state index is 0.00806. The Labute approximate surface area is 192 Å². The summed E-state index contributed by atoms with van der Waals surface area (Å²) in [5, 5.41) is 16.3. The number of aliphatic hydroxyl groups excluding tert-OH is 1. The number of sulfonamides is 1. The summed E-state index contributed by atoms with van der Waals surface area (Å²) < 4.78 is 26.5. The summed E-state index contributed by atoms with van der Waals surface area (Å²) in [5.41, 5.74) is 1.95. The van der Waals surface area contributed by atoms with Crippen molar-refractivity contribution in [1.82, 2.24) is 9.62 Å². The molecule has 0 saturated carbocycles. The highest BCUT2D eigenvalue weighted by Gasteiger charge is 2.24. The number of hydrogen-bond acceptors (Lipinski definition) is 4. The second-order valence-electron chi connectivity index (χ2n) is 9.01. The predicted molar refractivity (Wildman–Crippen MR) is 133 cm³/mol. The van der Waals surface area contributed by atoms with Crippen molar-refractivity contribution < 1.29 is 13.5 Å². The predicted octanol–water partition coefficient (Wildman–Crippen LogP) is 2.37. The van der Waals surface area contributed by atoms with Crippen LogP contribution < -0.4 is 10.8 Å². The second kappa shape index (κ2) is 10.2. The minimum atomic E-state index is -3.59. The van der Waals surface area contributed by atoms with E-state index in [2.05, 4.69) is 49.5 Å². The molecule has 32 heavy (non-hydrogen) atoms. The van der Waals surface area contributed by atoms with Gasteiger partial charge in [0.1, 0.15) is 7.85 Å². The smallest absolute Gasteiger partial charge is 0.218 e. The van der Waals surface area contributed by atoms with E-state index in [0.29, 0.717) is 11.0 Å². The molecule has 168 valence electrons. The molecule has 3 rings (SSSR count). The Morgan fingerprint density at radius 1 is 1.03 bits per heavy atom. The van der Waals surface area contributed by atoms with E-state index in [9.17, 15) is 13.5 Å². The number of benzene rings is 3. The first kappa shape index (κ1) is 24.5. The fourth-order valence-corrected chi connectivity index (χ4v) is 5.04. The van der Waals surface area contributed by atoms with Gasteiger partial charge in [0.25, 0.3) is 0 Å². The third-order valence-electron chi connectivity index (χ3n) is 5.61. The Morgan fingerprint density at radius 2 is 1.69 bits per heavy atom. The summed E-state index contributed by atoms with van der Waals surface area (Å²) >= 11 is 0. The molecule has 2 radical (unpaired) electrons. The molecule has 1 atom stereocenters. The molecule has 0 heterocycles. The molecular formula is C25H31BN2O3S. The van der Waals surface area contributed by atoms with Gasteiger partial charge in [0.2, 0.25) is 10.0 Å². The van der Waals surface area contributed by atoms with Crippen LogP contribution in [0.3, 0.4) is 0 Å². The van der Waals surface area contributed by atoms with E-state index < -0.39 is 16.1 Å². The van der Waals surface area contributed by atoms with Gasteiger partial charge in [-0.05, 0) is 42.2 Å². The number of hydrogen-bond donors (Lipinski definition) is 2. The van der Waals surface area contributed by atoms with Crippen LogP contribution >= 0.6 is 0 Å². The van der Waals surface area contributed by atoms with Gasteiger partial charge in [-0.15, -0.1) is 0 Å². The molecule has 0 aliphatic carbocycles. The first-order chi connectivity index (χ1) is 15.1. The van der Waals surface area contributed by atoms with Crippen molar-refractivity contribution in [2.75, 3.05) is 20.1 Å². The van der Waals surface area contributed by atoms with Crippen molar-refractivity contribution in [3.8, 4) is 0 Å². The zero-order valence-corrected chi connectivity index (χ0v) is 19.8. The van der Waals surface area contributed by atoms with E-state index in [1.54, 1.807) is 24.3 Å². The van der Waals surface area contributed by atoms with Gasteiger partial charge < -0.3 is 10.4 Å². The Bertz CT molecular complexity index is 1160. The fourth-order valence-electron chi connectivity index (χ4n) is 3.76. The lowest BCUT2D eigenvalue weighted by molar-refractivity contribution is 0.139. The van der Waals surface area contributed by atoms with Gasteiger partial charge >= 0.3 is 0 Å². The highest BCUT2D eigenvalue weighted by Crippen LogP contribution is 2.19. The summed E-state index contributed by atoms with van der Waals surface area (Å²) in [4.78, 5) is 0. The number of fused-ring (bicyclic) bond motifs is 1. The van der Waals surface area contributed by atoms with Crippen LogP contribution in [0.1, 0.15) is 25.0 Å². The zero-order valence-electron chi connectivity index (χ0n) is 19.0. The molecule has 7 heteroatoms. The molecule has 0 bridgehead atoms. The average molecular weight is 450 g/mol. The van der Waals surface area contributed by atoms with Crippen LogP contribution in [0.25, 0.3) is 10.8 Å². The largest absolute Gasteiger partial charge is 0.390 e. The van der Waals surface area contributed by atoms with Gasteiger partial charge in [-0.3, -0.25) is 0 Å². The fraction of sp³-hybridized carbons (Fsp3) is 0.360. The number of nitrogens with one attached hydrogen (secondary N) is 1. The van der Waals surface area contributed by atoms with Gasteiger partial charge in [0.05, 0.1) is 11.9 Å². The maximum atomic E-state index is 12.7. The number of rotatable bonds is 10. The number of β-amino-alcohol motifs (C(OH)–C–C–N with tert-alkyl or cyclic N) is 1. The molecule has 2 N–H and O–H groups in total. The van der Waals surface area contributed by atoms with Crippen molar-refractivity contribution in [1.29, 1.82) is 0 Å². The summed E-state index contributed by atoms with van der Waals surface area (Å²) in [7, 11) is 3.77. The lowest BCUT2D eigenvalue weighted by Gasteiger charge is -2.29. The molecule has 0 amide bonds. The molecule has 0 fully saturated rings. The van der Waals surface area contributed by atoms with Gasteiger partial charge in [0.15, 0.2) is 0 Å². The van der Waals surface area contributed by atoms with E-state index in [1.165, 1.54) is 27.7 Å². The van der Waals surface area contributed by atoms with E-state index in [1.807, 2.05) is 12.1 Å². The second-order valence-corrected chi connectivity index (χ2v) is 11.1. The lowest BCUT2D eigenvalue weighted by Crippen LogP contribution is -2.48. The van der Waals surface area contributed by atoms with Crippen LogP contribution in [0.5, 0.6) is 0 Å². The quantitative estimate of drug-likeness (QED) is 0.466. The molecule has 0 aliphatic heterocycles. The van der Waals surface area contributed by atoms with E-state index >= 15 is 0 Å². The maximum absolute atomic E-state index is 12.7. The standard InChI is InChI=1S/C25H31BN2O3S/c1-25(2,15-19-12-13-20-8-4-5-9-21(20)14-19)27-16-23(29)17-28(3)32(30,31)18-22-10-6-7-11-24(22)26/h4-14,23,27,29H,15-18H2,1-3H3. The van der Waals surface area contributed by atoms with Crippen LogP contribution in [0.2, 0.25) is 0 Å². The Kier molecular flexibility index (Phi) is 7.77. The van der Waals surface area contributed by atoms with Gasteiger partial charge in [-0.1, -0.05) is 72.2 Å². The van der Waals surface area contributed by atoms with E-state index in [-0.39, 0.29) is 24.4 Å². The maximum Gasteiger partial charge on any atom is 0.218 e. The Morgan fingerprint density at radius 3 is 2.41 bits per heavy atom. The van der Waals surface area contributed by atoms with Crippen molar-refractivity contribution in [2.24, 2.45) is 0 Å². The highest BCUT2D eigenvalue weighted by molar-refractivity contribution is 7.88. The summed E-state index contributed by atoms with van der Waals surface area (Å²) in [5.74, 6) is -0.191. The molecule has 0 saturated heterocycles. The van der Waals surface area contributed by atoms with Crippen molar-refractivity contribution in [3.05, 3.63) is 77.9 Å². The molecule has 3 aromatic rings. The van der Waals surface area contributed by atoms with Crippen molar-refractivity contribution in [2.45, 2.75) is 37.7 Å². The molecule has 0 spiro atoms. The van der Waals surface area contributed by atoms with Gasteiger partial charge in [-0.2, -0.15) is 0 Å². The van der Waals surface area contributed by atoms with Crippen molar-refractivity contribution in [3.63, 3.8) is 0 Å². The van der Waals surface area contributed by atoms with Crippen LogP contribution in [0, 0.1) is 0 Å². The molecule has 0 aromatic heterocycles. The normalized spacial score (nSPS) is 13.5. The number of likely N-dealkylation sites (N-methyl/N-ethyl adjacent to an activating group) is 1. The van der Waals surface area contributed by atoms with Gasteiger partial charge in [-0.25, -0.2) is 12.7 Å². The topological polar surface area (TPSA) is 69.6 Å². The third kappa shape index (κ3) is 6.66. The summed E-state index contributed by atoms with van der Waals surface area (Å²) in [6.45, 7) is 4.45. The van der Waals surface area contributed by atoms with Crippen LogP contribution in [0.4, 0.5) is 0 Å². The van der Waals surface area contributed by atoms with Crippen LogP contribution in [-0.2, 0) is 22.2 Å². The number of aliphatic hydroxyl groups is 1. The number of nitrogens with zero attached hydrogens (tertiary/aromatic N) is 1. The average Bonchev–Trinajstić information content (AvgIpc) is 2.73. The van der Waals surface area contributed by atoms with E-state index in [4.69, 9.17) is 7.85 Å². The molecule has 3 aromatic carbocycles. The summed E-state index contributed by atoms with van der Waals surface area (Å²) in [6.07, 6.45) is -0.0508. The van der Waals surface area contributed by atoms with Gasteiger partial charge in [0, 0.05) is 25.7 Å². The lowest BCUT2D eigenvalue weighted by atomic mass is 9.92. The molecular weight excluding hydrogens is 419 g/mol.